The van der Waals surface area contributed by atoms with Gasteiger partial charge in [0.05, 0.1) is 24.4 Å². The van der Waals surface area contributed by atoms with Crippen LogP contribution in [-0.4, -0.2) is 45.8 Å². The minimum Gasteiger partial charge on any atom is -0.619 e. The zero-order valence-electron chi connectivity index (χ0n) is 18.8. The Morgan fingerprint density at radius 3 is 2.47 bits per heavy atom. The van der Waals surface area contributed by atoms with Gasteiger partial charge in [-0.15, -0.1) is 0 Å². The molecule has 1 aromatic carbocycles. The second-order valence-electron chi connectivity index (χ2n) is 8.26. The number of hydrogen-bond acceptors (Lipinski definition) is 6. The van der Waals surface area contributed by atoms with E-state index in [9.17, 15) is 32.0 Å². The van der Waals surface area contributed by atoms with Crippen molar-refractivity contribution < 1.29 is 36.2 Å². The van der Waals surface area contributed by atoms with Crippen LogP contribution in [0.3, 0.4) is 0 Å². The molecule has 1 fully saturated rings. The summed E-state index contributed by atoms with van der Waals surface area (Å²) in [5, 5.41) is 13.8. The van der Waals surface area contributed by atoms with Gasteiger partial charge >= 0.3 is 0 Å². The molecule has 1 aliphatic heterocycles. The average Bonchev–Trinajstić information content (AvgIpc) is 2.82. The maximum Gasteiger partial charge on any atom is 0.257 e. The summed E-state index contributed by atoms with van der Waals surface area (Å²) in [4.78, 5) is 22.1. The molecule has 0 radical (unpaired) electrons. The van der Waals surface area contributed by atoms with Crippen LogP contribution in [0.1, 0.15) is 24.8 Å². The van der Waals surface area contributed by atoms with Crippen LogP contribution in [0.4, 0.5) is 27.8 Å². The minimum absolute atomic E-state index is 0.0128. The highest BCUT2D eigenvalue weighted by Gasteiger charge is 2.46. The smallest absolute Gasteiger partial charge is 0.257 e. The van der Waals surface area contributed by atoms with Crippen molar-refractivity contribution in [1.82, 2.24) is 14.9 Å². The number of piperidine rings is 1. The first-order valence-electron chi connectivity index (χ1n) is 10.8. The Labute approximate surface area is 201 Å². The van der Waals surface area contributed by atoms with Crippen LogP contribution in [0.15, 0.2) is 49.1 Å². The van der Waals surface area contributed by atoms with Crippen molar-refractivity contribution in [1.29, 1.82) is 0 Å². The number of nitrogens with zero attached hydrogens (tertiary/aromatic N) is 4. The van der Waals surface area contributed by atoms with Gasteiger partial charge in [-0.05, 0) is 12.5 Å². The van der Waals surface area contributed by atoms with Crippen molar-refractivity contribution in [3.63, 3.8) is 0 Å². The number of likely N-dealkylation sites (tertiary alicyclic amines) is 1. The van der Waals surface area contributed by atoms with Crippen LogP contribution in [0.5, 0.6) is 11.6 Å². The van der Waals surface area contributed by atoms with E-state index in [1.54, 1.807) is 11.8 Å². The molecule has 2 aromatic heterocycles. The van der Waals surface area contributed by atoms with Gasteiger partial charge in [0.15, 0.2) is 29.8 Å². The van der Waals surface area contributed by atoms with Crippen LogP contribution in [0.25, 0.3) is 0 Å². The second kappa shape index (κ2) is 10.0. The number of anilines is 1. The second-order valence-corrected chi connectivity index (χ2v) is 8.26. The first-order chi connectivity index (χ1) is 17.0. The Morgan fingerprint density at radius 1 is 1.19 bits per heavy atom. The van der Waals surface area contributed by atoms with E-state index in [0.717, 1.165) is 24.8 Å². The van der Waals surface area contributed by atoms with Crippen molar-refractivity contribution in [2.75, 3.05) is 18.4 Å². The predicted molar refractivity (Wildman–Crippen MR) is 116 cm³/mol. The van der Waals surface area contributed by atoms with Crippen LogP contribution < -0.4 is 14.8 Å². The summed E-state index contributed by atoms with van der Waals surface area (Å²) in [6.45, 7) is 1.41. The summed E-state index contributed by atoms with van der Waals surface area (Å²) in [5.74, 6) is -9.59. The van der Waals surface area contributed by atoms with Gasteiger partial charge in [-0.3, -0.25) is 9.69 Å². The number of nitrogens with one attached hydrogen (secondary N) is 1. The van der Waals surface area contributed by atoms with Crippen LogP contribution >= 0.6 is 0 Å². The monoisotopic (exact) mass is 509 g/mol. The molecule has 1 N–H and O–H groups in total. The molecule has 3 aromatic rings. The van der Waals surface area contributed by atoms with Crippen LogP contribution in [0.2, 0.25) is 0 Å². The van der Waals surface area contributed by atoms with Gasteiger partial charge in [0.1, 0.15) is 5.82 Å². The molecular weight excluding hydrogens is 489 g/mol. The van der Waals surface area contributed by atoms with Gasteiger partial charge in [-0.25, -0.2) is 31.9 Å². The molecule has 1 saturated heterocycles. The molecule has 13 heteroatoms. The number of alkyl halides is 2. The lowest BCUT2D eigenvalue weighted by Crippen LogP contribution is -2.52. The highest BCUT2D eigenvalue weighted by Crippen LogP contribution is 2.40. The number of amides is 1. The summed E-state index contributed by atoms with van der Waals surface area (Å²) in [7, 11) is 0. The average molecular weight is 509 g/mol. The molecule has 4 rings (SSSR count). The maximum absolute atomic E-state index is 14.6. The number of aromatic nitrogens is 3. The van der Waals surface area contributed by atoms with Crippen molar-refractivity contribution in [2.45, 2.75) is 31.2 Å². The molecule has 0 saturated carbocycles. The first kappa shape index (κ1) is 25.2. The Hall–Kier alpha value is -3.87. The summed E-state index contributed by atoms with van der Waals surface area (Å²) in [6, 6.07) is 2.75. The Balaban J connectivity index is 1.40. The SMILES string of the molecule is C[C@@H](C(=O)Nc1cnc(Oc2c(F)cc(F)cc2F)cn1)N1CCC(F)(F)[C@@H](c2cc[n+]([O-])cc2)C1. The Morgan fingerprint density at radius 2 is 1.86 bits per heavy atom. The number of rotatable bonds is 6. The van der Waals surface area contributed by atoms with Crippen molar-refractivity contribution in [2.24, 2.45) is 0 Å². The number of pyridine rings is 1. The van der Waals surface area contributed by atoms with E-state index in [4.69, 9.17) is 4.74 Å². The van der Waals surface area contributed by atoms with Gasteiger partial charge in [-0.1, -0.05) is 0 Å². The molecular formula is C23H20F5N5O3. The van der Waals surface area contributed by atoms with E-state index in [2.05, 4.69) is 15.3 Å². The summed E-state index contributed by atoms with van der Waals surface area (Å²) in [6.07, 6.45) is 3.90. The fourth-order valence-electron chi connectivity index (χ4n) is 3.84. The lowest BCUT2D eigenvalue weighted by Gasteiger charge is -2.40. The highest BCUT2D eigenvalue weighted by molar-refractivity contribution is 5.93. The molecule has 8 nitrogen and oxygen atoms in total. The van der Waals surface area contributed by atoms with Crippen molar-refractivity contribution in [3.8, 4) is 11.6 Å². The predicted octanol–water partition coefficient (Wildman–Crippen LogP) is 3.77. The normalized spacial score (nSPS) is 18.4. The Bertz CT molecular complexity index is 1220. The lowest BCUT2D eigenvalue weighted by atomic mass is 9.87. The number of carbonyl (C=O) groups is 1. The lowest BCUT2D eigenvalue weighted by molar-refractivity contribution is -0.605. The van der Waals surface area contributed by atoms with Gasteiger partial charge < -0.3 is 15.3 Å². The number of ether oxygens (including phenoxy) is 1. The number of hydrogen-bond donors (Lipinski definition) is 1. The molecule has 1 amide bonds. The van der Waals surface area contributed by atoms with E-state index >= 15 is 0 Å². The minimum atomic E-state index is -3.01. The third-order valence-corrected chi connectivity index (χ3v) is 5.87. The van der Waals surface area contributed by atoms with Crippen molar-refractivity contribution >= 4 is 11.7 Å². The van der Waals surface area contributed by atoms with E-state index in [-0.39, 0.29) is 24.8 Å². The summed E-state index contributed by atoms with van der Waals surface area (Å²) in [5.41, 5.74) is 0.292. The largest absolute Gasteiger partial charge is 0.619 e. The molecule has 0 bridgehead atoms. The molecule has 3 heterocycles. The topological polar surface area (TPSA) is 94.3 Å². The van der Waals surface area contributed by atoms with E-state index in [1.807, 2.05) is 0 Å². The van der Waals surface area contributed by atoms with Gasteiger partial charge in [0.25, 0.3) is 5.92 Å². The fraction of sp³-hybridized carbons (Fsp3) is 0.304. The van der Waals surface area contributed by atoms with E-state index in [1.165, 1.54) is 12.1 Å². The molecule has 2 atom stereocenters. The third-order valence-electron chi connectivity index (χ3n) is 5.87. The van der Waals surface area contributed by atoms with Crippen molar-refractivity contribution in [3.05, 3.63) is 77.3 Å². The van der Waals surface area contributed by atoms with E-state index < -0.39 is 53.4 Å². The third kappa shape index (κ3) is 5.51. The molecule has 36 heavy (non-hydrogen) atoms. The molecule has 1 aliphatic rings. The fourth-order valence-corrected chi connectivity index (χ4v) is 3.84. The zero-order valence-corrected chi connectivity index (χ0v) is 18.8. The highest BCUT2D eigenvalue weighted by atomic mass is 19.3. The maximum atomic E-state index is 14.6. The number of halogens is 5. The summed E-state index contributed by atoms with van der Waals surface area (Å²) < 4.78 is 75.2. The summed E-state index contributed by atoms with van der Waals surface area (Å²) >= 11 is 0. The quantitative estimate of drug-likeness (QED) is 0.309. The van der Waals surface area contributed by atoms with Gasteiger partial charge in [0, 0.05) is 43.8 Å². The van der Waals surface area contributed by atoms with Gasteiger partial charge in [0.2, 0.25) is 17.5 Å². The van der Waals surface area contributed by atoms with Crippen LogP contribution in [-0.2, 0) is 4.79 Å². The first-order valence-corrected chi connectivity index (χ1v) is 10.8. The standard InChI is InChI=1S/C23H20F5N5O3/c1-13(32-7-4-23(27,28)16(12-32)14-2-5-33(35)6-3-14)22(34)31-19-10-30-20(11-29-19)36-21-17(25)8-15(24)9-18(21)26/h2-3,5-6,8-11,13,16H,4,7,12H2,1H3,(H,29,31,34)/t13-,16+/m0/s1. The molecule has 190 valence electrons. The van der Waals surface area contributed by atoms with E-state index in [0.29, 0.717) is 22.4 Å². The Kier molecular flexibility index (Phi) is 7.02. The molecule has 0 aliphatic carbocycles. The molecule has 0 spiro atoms. The van der Waals surface area contributed by atoms with Gasteiger partial charge in [-0.2, -0.15) is 4.73 Å². The zero-order chi connectivity index (χ0) is 26.0. The number of carbonyl (C=O) groups excluding carboxylic acids is 1. The molecule has 0 unspecified atom stereocenters. The number of benzene rings is 1. The van der Waals surface area contributed by atoms with Crippen LogP contribution in [0, 0.1) is 22.7 Å².